The van der Waals surface area contributed by atoms with Gasteiger partial charge in [0.05, 0.1) is 15.1 Å². The van der Waals surface area contributed by atoms with Gasteiger partial charge in [0.25, 0.3) is 0 Å². The van der Waals surface area contributed by atoms with E-state index in [2.05, 4.69) is 33.9 Å². The Morgan fingerprint density at radius 3 is 2.22 bits per heavy atom. The number of Topliss-reactive ketones (excluding diaryl/α,β-unsaturated/α-hetero) is 2. The second-order valence-corrected chi connectivity index (χ2v) is 15.3. The molecule has 8 heteroatoms. The van der Waals surface area contributed by atoms with Gasteiger partial charge in [-0.3, -0.25) is 9.59 Å². The molecule has 0 saturated heterocycles. The summed E-state index contributed by atoms with van der Waals surface area (Å²) in [5.74, 6) is 0.856. The average Bonchev–Trinajstić information content (AvgIpc) is 2.46. The van der Waals surface area contributed by atoms with Crippen LogP contribution in [0.4, 0.5) is 0 Å². The summed E-state index contributed by atoms with van der Waals surface area (Å²) in [6.45, 7) is 17.0. The lowest BCUT2D eigenvalue weighted by Gasteiger charge is -2.42. The Labute approximate surface area is 172 Å². The molecule has 1 aliphatic rings. The number of aliphatic hydroxyl groups is 1. The largest absolute Gasteiger partial charge is 0.511 e. The van der Waals surface area contributed by atoms with Crippen molar-refractivity contribution >= 4 is 43.4 Å². The zero-order chi connectivity index (χ0) is 21.2. The van der Waals surface area contributed by atoms with Gasteiger partial charge in [-0.2, -0.15) is 0 Å². The van der Waals surface area contributed by atoms with Crippen molar-refractivity contribution in [3.63, 3.8) is 0 Å². The van der Waals surface area contributed by atoms with Crippen LogP contribution in [0, 0.1) is 0 Å². The highest BCUT2D eigenvalue weighted by Gasteiger charge is 2.43. The smallest absolute Gasteiger partial charge is 0.203 e. The molecule has 5 nitrogen and oxygen atoms in total. The molecule has 0 bridgehead atoms. The summed E-state index contributed by atoms with van der Waals surface area (Å²) in [4.78, 5) is 24.6. The van der Waals surface area contributed by atoms with E-state index in [0.717, 1.165) is 0 Å². The Hall–Kier alpha value is -0.703. The molecule has 27 heavy (non-hydrogen) atoms. The molecule has 0 unspecified atom stereocenters. The fourth-order valence-electron chi connectivity index (χ4n) is 2.23. The summed E-state index contributed by atoms with van der Waals surface area (Å²) in [5.41, 5.74) is 0. The highest BCUT2D eigenvalue weighted by molar-refractivity contribution is 8.08. The molecule has 0 saturated carbocycles. The summed E-state index contributed by atoms with van der Waals surface area (Å²) in [6.07, 6.45) is -0.501. The van der Waals surface area contributed by atoms with Gasteiger partial charge >= 0.3 is 0 Å². The van der Waals surface area contributed by atoms with Crippen LogP contribution in [0.15, 0.2) is 21.3 Å². The molecule has 0 aliphatic carbocycles. The van der Waals surface area contributed by atoms with Gasteiger partial charge in [-0.25, -0.2) is 0 Å². The predicted molar refractivity (Wildman–Crippen MR) is 116 cm³/mol. The number of carbonyl (C=O) groups excluding carboxylic acids is 2. The van der Waals surface area contributed by atoms with E-state index in [-0.39, 0.29) is 27.6 Å². The first-order valence-corrected chi connectivity index (χ1v) is 13.7. The second-order valence-electron chi connectivity index (χ2n) is 8.24. The topological polar surface area (TPSA) is 72.8 Å². The van der Waals surface area contributed by atoms with E-state index >= 15 is 0 Å². The van der Waals surface area contributed by atoms with Crippen molar-refractivity contribution in [2.45, 2.75) is 78.1 Å². The molecule has 0 aromatic heterocycles. The molecule has 1 N–H and O–H groups in total. The summed E-state index contributed by atoms with van der Waals surface area (Å²) < 4.78 is 12.5. The third-order valence-electron chi connectivity index (χ3n) is 4.76. The first-order valence-electron chi connectivity index (χ1n) is 8.94. The van der Waals surface area contributed by atoms with Crippen LogP contribution in [-0.4, -0.2) is 42.3 Å². The molecule has 0 fully saturated rings. The molecule has 0 spiro atoms. The van der Waals surface area contributed by atoms with Crippen LogP contribution in [0.2, 0.25) is 18.1 Å². The Morgan fingerprint density at radius 2 is 1.81 bits per heavy atom. The Kier molecular flexibility index (Phi) is 8.29. The van der Waals surface area contributed by atoms with Crippen LogP contribution in [0.3, 0.4) is 0 Å². The number of ketones is 2. The van der Waals surface area contributed by atoms with Crippen molar-refractivity contribution in [3.05, 3.63) is 21.3 Å². The third-order valence-corrected chi connectivity index (χ3v) is 12.3. The molecule has 0 aromatic rings. The minimum atomic E-state index is -2.10. The normalized spacial score (nSPS) is 22.3. The maximum atomic E-state index is 12.0. The fourth-order valence-corrected chi connectivity index (χ4v) is 5.76. The van der Waals surface area contributed by atoms with Crippen LogP contribution in [-0.2, 0) is 18.8 Å². The lowest BCUT2D eigenvalue weighted by Crippen LogP contribution is -2.48. The minimum Gasteiger partial charge on any atom is -0.511 e. The van der Waals surface area contributed by atoms with Crippen LogP contribution in [0.25, 0.3) is 0 Å². The van der Waals surface area contributed by atoms with E-state index in [1.807, 2.05) is 0 Å². The van der Waals surface area contributed by atoms with Crippen molar-refractivity contribution < 1.29 is 23.9 Å². The highest BCUT2D eigenvalue weighted by atomic mass is 32.2. The number of rotatable bonds is 7. The van der Waals surface area contributed by atoms with Gasteiger partial charge in [0.2, 0.25) is 6.29 Å². The number of aliphatic hydroxyl groups excluding tert-OH is 1. The lowest BCUT2D eigenvalue weighted by atomic mass is 10.2. The Bertz CT molecular complexity index is 658. The number of carbonyl (C=O) groups is 2. The molecule has 1 heterocycles. The molecule has 154 valence electrons. The maximum Gasteiger partial charge on any atom is 0.203 e. The zero-order valence-electron chi connectivity index (χ0n) is 17.8. The lowest BCUT2D eigenvalue weighted by molar-refractivity contribution is -0.114. The quantitative estimate of drug-likeness (QED) is 0.328. The SMILES string of the molecule is CC(=O)C1=C(C)O[C@@H](O[Si](C)(C)C(C)(C)C)[C@H](CS/C(C(C)=O)=C(\C)O)S1. The van der Waals surface area contributed by atoms with Crippen LogP contribution >= 0.6 is 23.5 Å². The first kappa shape index (κ1) is 24.3. The van der Waals surface area contributed by atoms with E-state index in [4.69, 9.17) is 9.16 Å². The van der Waals surface area contributed by atoms with Crippen molar-refractivity contribution in [1.82, 2.24) is 0 Å². The second kappa shape index (κ2) is 9.20. The van der Waals surface area contributed by atoms with Crippen LogP contribution in [0.5, 0.6) is 0 Å². The van der Waals surface area contributed by atoms with Crippen molar-refractivity contribution in [1.29, 1.82) is 0 Å². The first-order chi connectivity index (χ1) is 12.2. The molecule has 1 rings (SSSR count). The van der Waals surface area contributed by atoms with Crippen molar-refractivity contribution in [2.75, 3.05) is 5.75 Å². The molecular weight excluding hydrogens is 400 g/mol. The number of ether oxygens (including phenoxy) is 1. The van der Waals surface area contributed by atoms with Crippen LogP contribution in [0.1, 0.15) is 48.5 Å². The van der Waals surface area contributed by atoms with Gasteiger partial charge in [0.15, 0.2) is 19.9 Å². The van der Waals surface area contributed by atoms with Gasteiger partial charge in [-0.15, -0.1) is 23.5 Å². The van der Waals surface area contributed by atoms with Crippen molar-refractivity contribution in [2.24, 2.45) is 0 Å². The summed E-state index contributed by atoms with van der Waals surface area (Å²) in [5, 5.41) is 9.62. The molecular formula is C19H32O5S2Si. The predicted octanol–water partition coefficient (Wildman–Crippen LogP) is 5.40. The number of hydrogen-bond donors (Lipinski definition) is 1. The Balaban J connectivity index is 3.12. The van der Waals surface area contributed by atoms with E-state index < -0.39 is 14.6 Å². The Morgan fingerprint density at radius 1 is 1.26 bits per heavy atom. The van der Waals surface area contributed by atoms with Crippen LogP contribution < -0.4 is 0 Å². The standard InChI is InChI=1S/C19H32O5S2Si/c1-11(20)16(12(2)21)25-10-15-18(24-27(8,9)19(5,6)7)23-14(4)17(26-15)13(3)22/h15,18,20H,10H2,1-9H3/b16-11+/t15-,18-/m0/s1. The van der Waals surface area contributed by atoms with Gasteiger partial charge in [-0.05, 0) is 45.8 Å². The highest BCUT2D eigenvalue weighted by Crippen LogP contribution is 2.43. The zero-order valence-corrected chi connectivity index (χ0v) is 20.4. The van der Waals surface area contributed by atoms with Gasteiger partial charge in [-0.1, -0.05) is 20.8 Å². The molecule has 2 atom stereocenters. The summed E-state index contributed by atoms with van der Waals surface area (Å²) in [6, 6.07) is 0. The molecule has 1 aliphatic heterocycles. The van der Waals surface area contributed by atoms with E-state index in [0.29, 0.717) is 21.3 Å². The number of hydrogen-bond acceptors (Lipinski definition) is 7. The van der Waals surface area contributed by atoms with Gasteiger partial charge in [0.1, 0.15) is 11.5 Å². The van der Waals surface area contributed by atoms with Crippen molar-refractivity contribution in [3.8, 4) is 0 Å². The minimum absolute atomic E-state index is 0.00889. The van der Waals surface area contributed by atoms with Gasteiger partial charge in [0, 0.05) is 5.75 Å². The fraction of sp³-hybridized carbons (Fsp3) is 0.684. The van der Waals surface area contributed by atoms with E-state index in [1.54, 1.807) is 6.92 Å². The summed E-state index contributed by atoms with van der Waals surface area (Å²) in [7, 11) is -2.10. The van der Waals surface area contributed by atoms with E-state index in [9.17, 15) is 14.7 Å². The molecule has 0 radical (unpaired) electrons. The number of thioether (sulfide) groups is 2. The molecule has 0 aromatic carbocycles. The summed E-state index contributed by atoms with van der Waals surface area (Å²) >= 11 is 2.72. The average molecular weight is 433 g/mol. The van der Waals surface area contributed by atoms with E-state index in [1.165, 1.54) is 44.3 Å². The third kappa shape index (κ3) is 6.41. The molecule has 0 amide bonds. The van der Waals surface area contributed by atoms with Gasteiger partial charge < -0.3 is 14.3 Å². The monoisotopic (exact) mass is 432 g/mol. The number of allylic oxidation sites excluding steroid dienone is 4. The maximum absolute atomic E-state index is 12.0.